The number of thiophene rings is 1. The van der Waals surface area contributed by atoms with Crippen molar-refractivity contribution >= 4 is 22.9 Å². The summed E-state index contributed by atoms with van der Waals surface area (Å²) >= 11 is 1.29. The molecule has 3 N–H and O–H groups in total. The average molecular weight is 374 g/mol. The largest absolute Gasteiger partial charge is 0.397 e. The van der Waals surface area contributed by atoms with Crippen LogP contribution in [0.3, 0.4) is 0 Å². The highest BCUT2D eigenvalue weighted by Gasteiger charge is 2.27. The van der Waals surface area contributed by atoms with Crippen molar-refractivity contribution < 1.29 is 13.6 Å². The maximum absolute atomic E-state index is 13.5. The van der Waals surface area contributed by atoms with Crippen molar-refractivity contribution in [1.29, 1.82) is 0 Å². The highest BCUT2D eigenvalue weighted by atomic mass is 32.1. The van der Waals surface area contributed by atoms with E-state index < -0.39 is 11.6 Å². The second-order valence-corrected chi connectivity index (χ2v) is 7.13. The Hall–Kier alpha value is -2.74. The molecule has 26 heavy (non-hydrogen) atoms. The minimum Gasteiger partial charge on any atom is -0.397 e. The molecule has 2 heterocycles. The standard InChI is InChI=1S/C18H16F2N4OS/c19-10-6-11(20)8-12(7-10)24-16-3-1-2-15(13(16)9-22-24)23-18(25)17-14(21)4-5-26-17/h4-9,15H,1-3,21H2,(H,23,25). The van der Waals surface area contributed by atoms with Gasteiger partial charge in [0.1, 0.15) is 16.5 Å². The summed E-state index contributed by atoms with van der Waals surface area (Å²) in [6.07, 6.45) is 3.98. The molecular weight excluding hydrogens is 358 g/mol. The Kier molecular flexibility index (Phi) is 4.20. The van der Waals surface area contributed by atoms with Crippen molar-refractivity contribution in [3.63, 3.8) is 0 Å². The number of amides is 1. The summed E-state index contributed by atoms with van der Waals surface area (Å²) in [5, 5.41) is 9.06. The summed E-state index contributed by atoms with van der Waals surface area (Å²) in [6, 6.07) is 4.80. The van der Waals surface area contributed by atoms with Crippen molar-refractivity contribution in [3.8, 4) is 5.69 Å². The molecule has 1 amide bonds. The van der Waals surface area contributed by atoms with E-state index in [2.05, 4.69) is 10.4 Å². The van der Waals surface area contributed by atoms with E-state index in [1.807, 2.05) is 0 Å². The first-order valence-electron chi connectivity index (χ1n) is 8.20. The Balaban J connectivity index is 1.65. The average Bonchev–Trinajstić information content (AvgIpc) is 3.20. The number of benzene rings is 1. The van der Waals surface area contributed by atoms with E-state index in [4.69, 9.17) is 5.73 Å². The molecule has 1 aromatic carbocycles. The molecule has 1 aliphatic carbocycles. The zero-order valence-corrected chi connectivity index (χ0v) is 14.5. The maximum atomic E-state index is 13.5. The molecule has 1 aliphatic rings. The number of carbonyl (C=O) groups is 1. The number of nitrogens with zero attached hydrogens (tertiary/aromatic N) is 2. The Bertz CT molecular complexity index is 961. The number of anilines is 1. The van der Waals surface area contributed by atoms with Crippen molar-refractivity contribution in [1.82, 2.24) is 15.1 Å². The van der Waals surface area contributed by atoms with Crippen molar-refractivity contribution in [2.75, 3.05) is 5.73 Å². The van der Waals surface area contributed by atoms with Crippen LogP contribution >= 0.6 is 11.3 Å². The van der Waals surface area contributed by atoms with Crippen LogP contribution < -0.4 is 11.1 Å². The fourth-order valence-electron chi connectivity index (χ4n) is 3.32. The molecule has 5 nitrogen and oxygen atoms in total. The summed E-state index contributed by atoms with van der Waals surface area (Å²) in [6.45, 7) is 0. The van der Waals surface area contributed by atoms with Gasteiger partial charge in [0.05, 0.1) is 23.6 Å². The number of halogens is 2. The van der Waals surface area contributed by atoms with Gasteiger partial charge in [-0.25, -0.2) is 13.5 Å². The van der Waals surface area contributed by atoms with Crippen LogP contribution in [-0.4, -0.2) is 15.7 Å². The number of nitrogens with two attached hydrogens (primary N) is 1. The summed E-state index contributed by atoms with van der Waals surface area (Å²) in [5.41, 5.74) is 8.31. The third kappa shape index (κ3) is 2.96. The molecule has 2 aromatic heterocycles. The fourth-order valence-corrected chi connectivity index (χ4v) is 4.04. The lowest BCUT2D eigenvalue weighted by Gasteiger charge is -2.24. The first kappa shape index (κ1) is 16.7. The van der Waals surface area contributed by atoms with Crippen LogP contribution in [0.15, 0.2) is 35.8 Å². The van der Waals surface area contributed by atoms with Crippen LogP contribution in [0.25, 0.3) is 5.69 Å². The van der Waals surface area contributed by atoms with E-state index in [0.717, 1.165) is 36.6 Å². The highest BCUT2D eigenvalue weighted by Crippen LogP contribution is 2.32. The quantitative estimate of drug-likeness (QED) is 0.736. The van der Waals surface area contributed by atoms with Gasteiger partial charge in [-0.3, -0.25) is 4.79 Å². The molecule has 1 unspecified atom stereocenters. The zero-order valence-electron chi connectivity index (χ0n) is 13.7. The van der Waals surface area contributed by atoms with E-state index in [1.165, 1.54) is 23.5 Å². The summed E-state index contributed by atoms with van der Waals surface area (Å²) < 4.78 is 28.6. The van der Waals surface area contributed by atoms with Gasteiger partial charge in [-0.15, -0.1) is 11.3 Å². The molecule has 0 spiro atoms. The molecule has 3 aromatic rings. The van der Waals surface area contributed by atoms with Gasteiger partial charge in [0.2, 0.25) is 0 Å². The molecule has 8 heteroatoms. The maximum Gasteiger partial charge on any atom is 0.263 e. The second kappa shape index (κ2) is 6.53. The van der Waals surface area contributed by atoms with Crippen LogP contribution in [0.4, 0.5) is 14.5 Å². The molecule has 0 bridgehead atoms. The molecule has 4 rings (SSSR count). The first-order chi connectivity index (χ1) is 12.5. The van der Waals surface area contributed by atoms with Crippen LogP contribution in [0.1, 0.15) is 39.8 Å². The third-order valence-electron chi connectivity index (χ3n) is 4.48. The van der Waals surface area contributed by atoms with Crippen molar-refractivity contribution in [3.05, 3.63) is 63.6 Å². The molecule has 0 radical (unpaired) electrons. The van der Waals surface area contributed by atoms with E-state index in [0.29, 0.717) is 16.3 Å². The Morgan fingerprint density at radius 3 is 2.77 bits per heavy atom. The number of hydrogen-bond donors (Lipinski definition) is 2. The Morgan fingerprint density at radius 1 is 1.31 bits per heavy atom. The first-order valence-corrected chi connectivity index (χ1v) is 9.08. The molecule has 0 aliphatic heterocycles. The zero-order chi connectivity index (χ0) is 18.3. The van der Waals surface area contributed by atoms with Crippen molar-refractivity contribution in [2.24, 2.45) is 0 Å². The summed E-state index contributed by atoms with van der Waals surface area (Å²) in [5.74, 6) is -1.53. The van der Waals surface area contributed by atoms with Gasteiger partial charge in [0, 0.05) is 17.3 Å². The van der Waals surface area contributed by atoms with E-state index in [9.17, 15) is 13.6 Å². The highest BCUT2D eigenvalue weighted by molar-refractivity contribution is 7.12. The number of nitrogens with one attached hydrogen (secondary N) is 1. The van der Waals surface area contributed by atoms with E-state index in [-0.39, 0.29) is 11.9 Å². The monoisotopic (exact) mass is 374 g/mol. The molecule has 0 saturated carbocycles. The lowest BCUT2D eigenvalue weighted by atomic mass is 9.92. The lowest BCUT2D eigenvalue weighted by Crippen LogP contribution is -2.30. The van der Waals surface area contributed by atoms with Gasteiger partial charge >= 0.3 is 0 Å². The van der Waals surface area contributed by atoms with Gasteiger partial charge in [-0.1, -0.05) is 0 Å². The summed E-state index contributed by atoms with van der Waals surface area (Å²) in [7, 11) is 0. The Labute approximate surface area is 152 Å². The van der Waals surface area contributed by atoms with Gasteiger partial charge in [-0.2, -0.15) is 5.10 Å². The van der Waals surface area contributed by atoms with Crippen LogP contribution in [-0.2, 0) is 6.42 Å². The predicted octanol–water partition coefficient (Wildman–Crippen LogP) is 3.60. The lowest BCUT2D eigenvalue weighted by molar-refractivity contribution is 0.0937. The minimum absolute atomic E-state index is 0.208. The molecule has 0 saturated heterocycles. The van der Waals surface area contributed by atoms with E-state index in [1.54, 1.807) is 22.3 Å². The van der Waals surface area contributed by atoms with Crippen LogP contribution in [0.5, 0.6) is 0 Å². The normalized spacial score (nSPS) is 16.3. The molecular formula is C18H16F2N4OS. The van der Waals surface area contributed by atoms with Crippen molar-refractivity contribution in [2.45, 2.75) is 25.3 Å². The number of carbonyl (C=O) groups excluding carboxylic acids is 1. The number of fused-ring (bicyclic) bond motifs is 1. The number of hydrogen-bond acceptors (Lipinski definition) is 4. The molecule has 1 atom stereocenters. The summed E-state index contributed by atoms with van der Waals surface area (Å²) in [4.78, 5) is 12.9. The number of aromatic nitrogens is 2. The third-order valence-corrected chi connectivity index (χ3v) is 5.41. The van der Waals surface area contributed by atoms with Crippen LogP contribution in [0, 0.1) is 11.6 Å². The number of rotatable bonds is 3. The van der Waals surface area contributed by atoms with E-state index >= 15 is 0 Å². The smallest absolute Gasteiger partial charge is 0.263 e. The predicted molar refractivity (Wildman–Crippen MR) is 95.4 cm³/mol. The molecule has 0 fully saturated rings. The SMILES string of the molecule is Nc1ccsc1C(=O)NC1CCCc2c1cnn2-c1cc(F)cc(F)c1. The van der Waals surface area contributed by atoms with Gasteiger partial charge in [-0.05, 0) is 42.8 Å². The second-order valence-electron chi connectivity index (χ2n) is 6.21. The van der Waals surface area contributed by atoms with Crippen LogP contribution in [0.2, 0.25) is 0 Å². The van der Waals surface area contributed by atoms with Gasteiger partial charge < -0.3 is 11.1 Å². The minimum atomic E-state index is -0.655. The fraction of sp³-hybridized carbons (Fsp3) is 0.222. The van der Waals surface area contributed by atoms with Gasteiger partial charge in [0.25, 0.3) is 5.91 Å². The topological polar surface area (TPSA) is 72.9 Å². The molecule has 134 valence electrons. The van der Waals surface area contributed by atoms with Gasteiger partial charge in [0.15, 0.2) is 0 Å². The Morgan fingerprint density at radius 2 is 2.08 bits per heavy atom. The number of nitrogen functional groups attached to an aromatic ring is 1.